The second kappa shape index (κ2) is 9.87. The zero-order valence-electron chi connectivity index (χ0n) is 17.8. The number of hydrogen-bond donors (Lipinski definition) is 0. The Morgan fingerprint density at radius 2 is 1.80 bits per heavy atom. The SMILES string of the molecule is COc1ccc(-c2noc(CN(C)CC3CCN(Cc4ccccc4)CC3)n2)cc1. The van der Waals surface area contributed by atoms with E-state index in [1.165, 1.54) is 18.4 Å². The van der Waals surface area contributed by atoms with Crippen LogP contribution in [0.1, 0.15) is 24.3 Å². The summed E-state index contributed by atoms with van der Waals surface area (Å²) in [7, 11) is 3.79. The quantitative estimate of drug-likeness (QED) is 0.562. The Morgan fingerprint density at radius 1 is 1.07 bits per heavy atom. The van der Waals surface area contributed by atoms with Crippen molar-refractivity contribution in [2.24, 2.45) is 5.92 Å². The number of methoxy groups -OCH3 is 1. The Labute approximate surface area is 178 Å². The van der Waals surface area contributed by atoms with Crippen molar-refractivity contribution in [3.8, 4) is 17.1 Å². The maximum absolute atomic E-state index is 5.48. The van der Waals surface area contributed by atoms with E-state index in [4.69, 9.17) is 9.26 Å². The van der Waals surface area contributed by atoms with Gasteiger partial charge in [0.25, 0.3) is 0 Å². The van der Waals surface area contributed by atoms with Gasteiger partial charge in [-0.15, -0.1) is 0 Å². The van der Waals surface area contributed by atoms with Crippen LogP contribution in [-0.4, -0.2) is 53.7 Å². The zero-order valence-corrected chi connectivity index (χ0v) is 17.8. The Balaban J connectivity index is 1.23. The van der Waals surface area contributed by atoms with Gasteiger partial charge in [-0.1, -0.05) is 35.5 Å². The fraction of sp³-hybridized carbons (Fsp3) is 0.417. The highest BCUT2D eigenvalue weighted by Crippen LogP contribution is 2.22. The maximum atomic E-state index is 5.48. The molecule has 0 aliphatic carbocycles. The van der Waals surface area contributed by atoms with E-state index in [0.29, 0.717) is 24.2 Å². The lowest BCUT2D eigenvalue weighted by Crippen LogP contribution is -2.37. The van der Waals surface area contributed by atoms with Gasteiger partial charge in [-0.3, -0.25) is 9.80 Å². The fourth-order valence-corrected chi connectivity index (χ4v) is 4.08. The van der Waals surface area contributed by atoms with Crippen LogP contribution in [0.2, 0.25) is 0 Å². The Kier molecular flexibility index (Phi) is 6.77. The molecule has 0 N–H and O–H groups in total. The van der Waals surface area contributed by atoms with Gasteiger partial charge in [0, 0.05) is 18.7 Å². The van der Waals surface area contributed by atoms with Crippen LogP contribution in [0.5, 0.6) is 5.75 Å². The average molecular weight is 407 g/mol. The number of piperidine rings is 1. The number of aromatic nitrogens is 2. The molecule has 2 aromatic carbocycles. The molecule has 1 aliphatic rings. The van der Waals surface area contributed by atoms with E-state index < -0.39 is 0 Å². The molecule has 30 heavy (non-hydrogen) atoms. The van der Waals surface area contributed by atoms with E-state index in [0.717, 1.165) is 37.5 Å². The predicted octanol–water partition coefficient (Wildman–Crippen LogP) is 4.09. The van der Waals surface area contributed by atoms with Crippen LogP contribution in [0.15, 0.2) is 59.1 Å². The number of hydrogen-bond acceptors (Lipinski definition) is 6. The largest absolute Gasteiger partial charge is 0.497 e. The number of rotatable bonds is 8. The summed E-state index contributed by atoms with van der Waals surface area (Å²) in [5.74, 6) is 2.81. The van der Waals surface area contributed by atoms with Crippen LogP contribution in [0.25, 0.3) is 11.4 Å². The highest BCUT2D eigenvalue weighted by atomic mass is 16.5. The van der Waals surface area contributed by atoms with Crippen LogP contribution >= 0.6 is 0 Å². The Morgan fingerprint density at radius 3 is 2.50 bits per heavy atom. The summed E-state index contributed by atoms with van der Waals surface area (Å²) in [5, 5.41) is 4.13. The molecule has 1 aromatic heterocycles. The maximum Gasteiger partial charge on any atom is 0.241 e. The first-order valence-corrected chi connectivity index (χ1v) is 10.6. The van der Waals surface area contributed by atoms with Crippen molar-refractivity contribution >= 4 is 0 Å². The van der Waals surface area contributed by atoms with Crippen molar-refractivity contribution in [3.05, 3.63) is 66.1 Å². The summed E-state index contributed by atoms with van der Waals surface area (Å²) in [6, 6.07) is 18.4. The molecule has 1 aliphatic heterocycles. The molecule has 3 aromatic rings. The van der Waals surface area contributed by atoms with Crippen molar-refractivity contribution in [3.63, 3.8) is 0 Å². The molecule has 1 saturated heterocycles. The molecular formula is C24H30N4O2. The molecule has 0 atom stereocenters. The molecular weight excluding hydrogens is 376 g/mol. The molecule has 2 heterocycles. The average Bonchev–Trinajstić information content (AvgIpc) is 3.24. The first-order chi connectivity index (χ1) is 14.7. The molecule has 158 valence electrons. The summed E-state index contributed by atoms with van der Waals surface area (Å²) >= 11 is 0. The van der Waals surface area contributed by atoms with Crippen molar-refractivity contribution in [1.82, 2.24) is 19.9 Å². The van der Waals surface area contributed by atoms with E-state index in [2.05, 4.69) is 57.3 Å². The lowest BCUT2D eigenvalue weighted by molar-refractivity contribution is 0.142. The monoisotopic (exact) mass is 406 g/mol. The molecule has 4 rings (SSSR count). The van der Waals surface area contributed by atoms with Crippen LogP contribution in [-0.2, 0) is 13.1 Å². The molecule has 6 nitrogen and oxygen atoms in total. The normalized spacial score (nSPS) is 15.6. The van der Waals surface area contributed by atoms with E-state index >= 15 is 0 Å². The number of benzene rings is 2. The molecule has 0 bridgehead atoms. The zero-order chi connectivity index (χ0) is 20.8. The number of nitrogens with zero attached hydrogens (tertiary/aromatic N) is 4. The van der Waals surface area contributed by atoms with Gasteiger partial charge < -0.3 is 9.26 Å². The van der Waals surface area contributed by atoms with Gasteiger partial charge in [0.05, 0.1) is 13.7 Å². The van der Waals surface area contributed by atoms with Gasteiger partial charge in [-0.05, 0) is 68.7 Å². The van der Waals surface area contributed by atoms with Crippen LogP contribution in [0.4, 0.5) is 0 Å². The lowest BCUT2D eigenvalue weighted by atomic mass is 9.96. The third-order valence-corrected chi connectivity index (χ3v) is 5.75. The number of ether oxygens (including phenoxy) is 1. The lowest BCUT2D eigenvalue weighted by Gasteiger charge is -2.33. The Hall–Kier alpha value is -2.70. The summed E-state index contributed by atoms with van der Waals surface area (Å²) in [6.45, 7) is 5.11. The smallest absolute Gasteiger partial charge is 0.241 e. The number of likely N-dealkylation sites (tertiary alicyclic amines) is 1. The summed E-state index contributed by atoms with van der Waals surface area (Å²) in [4.78, 5) is 9.41. The minimum atomic E-state index is 0.621. The van der Waals surface area contributed by atoms with Gasteiger partial charge in [-0.2, -0.15) is 4.98 Å². The fourth-order valence-electron chi connectivity index (χ4n) is 4.08. The standard InChI is InChI=1S/C24H30N4O2/c1-27(16-20-12-14-28(15-13-20)17-19-6-4-3-5-7-19)18-23-25-24(26-30-23)21-8-10-22(29-2)11-9-21/h3-11,20H,12-18H2,1-2H3. The van der Waals surface area contributed by atoms with Crippen LogP contribution in [0.3, 0.4) is 0 Å². The minimum absolute atomic E-state index is 0.621. The van der Waals surface area contributed by atoms with Gasteiger partial charge in [-0.25, -0.2) is 0 Å². The molecule has 0 amide bonds. The van der Waals surface area contributed by atoms with Crippen molar-refractivity contribution in [2.75, 3.05) is 33.8 Å². The molecule has 0 saturated carbocycles. The Bertz CT molecular complexity index is 902. The molecule has 0 spiro atoms. The van der Waals surface area contributed by atoms with Gasteiger partial charge >= 0.3 is 0 Å². The minimum Gasteiger partial charge on any atom is -0.497 e. The van der Waals surface area contributed by atoms with Gasteiger partial charge in [0.1, 0.15) is 5.75 Å². The summed E-state index contributed by atoms with van der Waals surface area (Å²) < 4.78 is 10.7. The molecule has 0 radical (unpaired) electrons. The van der Waals surface area contributed by atoms with Gasteiger partial charge in [0.2, 0.25) is 11.7 Å². The van der Waals surface area contributed by atoms with Crippen LogP contribution in [0, 0.1) is 5.92 Å². The topological polar surface area (TPSA) is 54.6 Å². The predicted molar refractivity (Wildman–Crippen MR) is 117 cm³/mol. The van der Waals surface area contributed by atoms with Crippen LogP contribution < -0.4 is 4.74 Å². The third kappa shape index (κ3) is 5.46. The third-order valence-electron chi connectivity index (χ3n) is 5.75. The van der Waals surface area contributed by atoms with E-state index in [1.807, 2.05) is 24.3 Å². The first kappa shape index (κ1) is 20.6. The highest BCUT2D eigenvalue weighted by Gasteiger charge is 2.21. The second-order valence-corrected chi connectivity index (χ2v) is 8.14. The molecule has 6 heteroatoms. The van der Waals surface area contributed by atoms with Crippen molar-refractivity contribution in [1.29, 1.82) is 0 Å². The second-order valence-electron chi connectivity index (χ2n) is 8.14. The van der Waals surface area contributed by atoms with Crippen molar-refractivity contribution < 1.29 is 9.26 Å². The summed E-state index contributed by atoms with van der Waals surface area (Å²) in [6.07, 6.45) is 2.47. The van der Waals surface area contributed by atoms with E-state index in [-0.39, 0.29) is 0 Å². The molecule has 1 fully saturated rings. The van der Waals surface area contributed by atoms with Gasteiger partial charge in [0.15, 0.2) is 0 Å². The molecule has 0 unspecified atom stereocenters. The summed E-state index contributed by atoms with van der Waals surface area (Å²) in [5.41, 5.74) is 2.33. The van der Waals surface area contributed by atoms with E-state index in [1.54, 1.807) is 7.11 Å². The van der Waals surface area contributed by atoms with E-state index in [9.17, 15) is 0 Å². The first-order valence-electron chi connectivity index (χ1n) is 10.6. The highest BCUT2D eigenvalue weighted by molar-refractivity contribution is 5.55. The van der Waals surface area contributed by atoms with Crippen molar-refractivity contribution in [2.45, 2.75) is 25.9 Å².